The summed E-state index contributed by atoms with van der Waals surface area (Å²) in [6, 6.07) is 0. The van der Waals surface area contributed by atoms with Crippen molar-refractivity contribution in [2.45, 2.75) is 57.0 Å². The molecule has 140 valence electrons. The number of rotatable bonds is 3. The number of aromatic nitrogens is 2. The number of likely N-dealkylation sites (tertiary alicyclic amines) is 1. The van der Waals surface area contributed by atoms with Crippen LogP contribution in [0.2, 0.25) is 0 Å². The van der Waals surface area contributed by atoms with E-state index >= 15 is 0 Å². The van der Waals surface area contributed by atoms with Gasteiger partial charge in [0.15, 0.2) is 5.16 Å². The molecule has 2 N–H and O–H groups in total. The number of carbonyl (C=O) groups is 1. The topological polar surface area (TPSA) is 72.1 Å². The number of fused-ring (bicyclic) bond motifs is 3. The minimum atomic E-state index is 0.186. The van der Waals surface area contributed by atoms with Gasteiger partial charge in [0.2, 0.25) is 5.91 Å². The first kappa shape index (κ1) is 18.0. The summed E-state index contributed by atoms with van der Waals surface area (Å²) in [5, 5.41) is 1.69. The summed E-state index contributed by atoms with van der Waals surface area (Å²) >= 11 is 3.18. The number of hydrogen-bond acceptors (Lipinski definition) is 6. The molecule has 0 radical (unpaired) electrons. The second kappa shape index (κ2) is 7.72. The number of hydrogen-bond donors (Lipinski definition) is 1. The normalized spacial score (nSPS) is 20.8. The smallest absolute Gasteiger partial charge is 0.233 e. The third-order valence-corrected chi connectivity index (χ3v) is 7.42. The molecule has 1 atom stereocenters. The van der Waals surface area contributed by atoms with Crippen molar-refractivity contribution in [3.8, 4) is 0 Å². The van der Waals surface area contributed by atoms with Crippen LogP contribution < -0.4 is 5.73 Å². The number of amides is 1. The highest BCUT2D eigenvalue weighted by Crippen LogP contribution is 2.38. The number of anilines is 1. The van der Waals surface area contributed by atoms with Crippen molar-refractivity contribution in [3.63, 3.8) is 0 Å². The quantitative estimate of drug-likeness (QED) is 0.489. The molecule has 2 aromatic rings. The molecule has 1 aliphatic carbocycles. The van der Waals surface area contributed by atoms with Gasteiger partial charge in [0.25, 0.3) is 0 Å². The average Bonchev–Trinajstić information content (AvgIpc) is 2.82. The summed E-state index contributed by atoms with van der Waals surface area (Å²) < 4.78 is 0. The number of nitrogens with two attached hydrogens (primary N) is 1. The van der Waals surface area contributed by atoms with E-state index in [9.17, 15) is 4.79 Å². The third-order valence-electron chi connectivity index (χ3n) is 5.41. The number of piperidine rings is 1. The Morgan fingerprint density at radius 3 is 2.96 bits per heavy atom. The molecule has 0 aromatic carbocycles. The minimum Gasteiger partial charge on any atom is -0.383 e. The second-order valence-electron chi connectivity index (χ2n) is 7.51. The van der Waals surface area contributed by atoms with Gasteiger partial charge in [0.1, 0.15) is 10.6 Å². The van der Waals surface area contributed by atoms with Crippen LogP contribution in [-0.2, 0) is 17.6 Å². The number of carbonyl (C=O) groups excluding carboxylic acids is 1. The Bertz CT molecular complexity index is 819. The van der Waals surface area contributed by atoms with Crippen LogP contribution in [0, 0.1) is 5.92 Å². The van der Waals surface area contributed by atoms with Crippen molar-refractivity contribution in [2.24, 2.45) is 5.92 Å². The van der Waals surface area contributed by atoms with E-state index in [1.807, 2.05) is 4.90 Å². The molecular weight excluding hydrogens is 364 g/mol. The van der Waals surface area contributed by atoms with E-state index in [1.54, 1.807) is 11.3 Å². The molecule has 0 bridgehead atoms. The van der Waals surface area contributed by atoms with E-state index in [0.717, 1.165) is 42.6 Å². The molecule has 1 amide bonds. The van der Waals surface area contributed by atoms with Gasteiger partial charge < -0.3 is 10.6 Å². The zero-order valence-corrected chi connectivity index (χ0v) is 16.9. The zero-order valence-electron chi connectivity index (χ0n) is 15.3. The minimum absolute atomic E-state index is 0.186. The highest BCUT2D eigenvalue weighted by molar-refractivity contribution is 7.99. The van der Waals surface area contributed by atoms with Gasteiger partial charge in [0, 0.05) is 18.0 Å². The molecule has 0 spiro atoms. The molecular formula is C19H26N4OS2. The number of aryl methyl sites for hydroxylation is 2. The van der Waals surface area contributed by atoms with Gasteiger partial charge >= 0.3 is 0 Å². The van der Waals surface area contributed by atoms with E-state index in [2.05, 4.69) is 11.9 Å². The van der Waals surface area contributed by atoms with Crippen LogP contribution in [0.1, 0.15) is 49.5 Å². The summed E-state index contributed by atoms with van der Waals surface area (Å²) in [5.41, 5.74) is 7.66. The summed E-state index contributed by atoms with van der Waals surface area (Å²) in [4.78, 5) is 26.1. The van der Waals surface area contributed by atoms with Gasteiger partial charge in [-0.05, 0) is 50.0 Å². The SMILES string of the molecule is CC1CCCN(C(=O)CSc2nc(N)c3c4c(sc3n2)CCCCC4)C1. The Balaban J connectivity index is 1.50. The van der Waals surface area contributed by atoms with Crippen molar-refractivity contribution in [2.75, 3.05) is 24.6 Å². The Morgan fingerprint density at radius 1 is 1.27 bits per heavy atom. The van der Waals surface area contributed by atoms with E-state index in [4.69, 9.17) is 10.7 Å². The van der Waals surface area contributed by atoms with Crippen LogP contribution in [0.5, 0.6) is 0 Å². The van der Waals surface area contributed by atoms with E-state index < -0.39 is 0 Å². The van der Waals surface area contributed by atoms with Crippen molar-refractivity contribution < 1.29 is 4.79 Å². The monoisotopic (exact) mass is 390 g/mol. The molecule has 26 heavy (non-hydrogen) atoms. The first-order valence-electron chi connectivity index (χ1n) is 9.60. The lowest BCUT2D eigenvalue weighted by Gasteiger charge is -2.30. The Kier molecular flexibility index (Phi) is 5.36. The molecule has 5 nitrogen and oxygen atoms in total. The van der Waals surface area contributed by atoms with Gasteiger partial charge in [-0.2, -0.15) is 0 Å². The second-order valence-corrected chi connectivity index (χ2v) is 9.54. The van der Waals surface area contributed by atoms with E-state index in [1.165, 1.54) is 47.9 Å². The number of nitrogen functional groups attached to an aromatic ring is 1. The number of thioether (sulfide) groups is 1. The maximum atomic E-state index is 12.5. The van der Waals surface area contributed by atoms with Crippen LogP contribution in [0.3, 0.4) is 0 Å². The lowest BCUT2D eigenvalue weighted by atomic mass is 10.0. The first-order valence-corrected chi connectivity index (χ1v) is 11.4. The molecule has 1 unspecified atom stereocenters. The van der Waals surface area contributed by atoms with Gasteiger partial charge in [-0.1, -0.05) is 25.1 Å². The summed E-state index contributed by atoms with van der Waals surface area (Å²) in [5.74, 6) is 1.76. The molecule has 3 heterocycles. The standard InChI is InChI=1S/C19H26N4OS2/c1-12-6-5-9-23(10-12)15(24)11-25-19-21-17(20)16-13-7-3-2-4-8-14(13)26-18(16)22-19/h12H,2-11H2,1H3,(H2,20,21,22). The Morgan fingerprint density at radius 2 is 2.12 bits per heavy atom. The van der Waals surface area contributed by atoms with E-state index in [-0.39, 0.29) is 5.91 Å². The highest BCUT2D eigenvalue weighted by atomic mass is 32.2. The van der Waals surface area contributed by atoms with Crippen LogP contribution in [0.4, 0.5) is 5.82 Å². The van der Waals surface area contributed by atoms with Crippen molar-refractivity contribution >= 4 is 45.0 Å². The highest BCUT2D eigenvalue weighted by Gasteiger charge is 2.22. The third kappa shape index (κ3) is 3.69. The lowest BCUT2D eigenvalue weighted by molar-refractivity contribution is -0.130. The molecule has 0 saturated carbocycles. The molecule has 1 aliphatic heterocycles. The average molecular weight is 391 g/mol. The lowest BCUT2D eigenvalue weighted by Crippen LogP contribution is -2.40. The fourth-order valence-corrected chi connectivity index (χ4v) is 6.12. The van der Waals surface area contributed by atoms with Crippen molar-refractivity contribution in [1.82, 2.24) is 14.9 Å². The fourth-order valence-electron chi connectivity index (χ4n) is 4.04. The molecule has 1 saturated heterocycles. The summed E-state index contributed by atoms with van der Waals surface area (Å²) in [6.45, 7) is 3.97. The largest absolute Gasteiger partial charge is 0.383 e. The van der Waals surface area contributed by atoms with Crippen LogP contribution in [0.25, 0.3) is 10.2 Å². The molecule has 1 fully saturated rings. The first-order chi connectivity index (χ1) is 12.6. The van der Waals surface area contributed by atoms with Crippen LogP contribution >= 0.6 is 23.1 Å². The van der Waals surface area contributed by atoms with Gasteiger partial charge in [-0.25, -0.2) is 9.97 Å². The molecule has 7 heteroatoms. The summed E-state index contributed by atoms with van der Waals surface area (Å²) in [6.07, 6.45) is 8.29. The Labute approximate surface area is 162 Å². The summed E-state index contributed by atoms with van der Waals surface area (Å²) in [7, 11) is 0. The maximum absolute atomic E-state index is 12.5. The molecule has 2 aromatic heterocycles. The van der Waals surface area contributed by atoms with Crippen molar-refractivity contribution in [1.29, 1.82) is 0 Å². The predicted octanol–water partition coefficient (Wildman–Crippen LogP) is 3.89. The van der Waals surface area contributed by atoms with E-state index in [0.29, 0.717) is 22.6 Å². The maximum Gasteiger partial charge on any atom is 0.233 e. The fraction of sp³-hybridized carbons (Fsp3) is 0.632. The Hall–Kier alpha value is -1.34. The predicted molar refractivity (Wildman–Crippen MR) is 109 cm³/mol. The zero-order chi connectivity index (χ0) is 18.1. The molecule has 4 rings (SSSR count). The van der Waals surface area contributed by atoms with Crippen molar-refractivity contribution in [3.05, 3.63) is 10.4 Å². The van der Waals surface area contributed by atoms with Gasteiger partial charge in [-0.3, -0.25) is 4.79 Å². The van der Waals surface area contributed by atoms with Gasteiger partial charge in [0.05, 0.1) is 11.1 Å². The van der Waals surface area contributed by atoms with Crippen LogP contribution in [-0.4, -0.2) is 39.6 Å². The number of thiophene rings is 1. The van der Waals surface area contributed by atoms with Crippen LogP contribution in [0.15, 0.2) is 5.16 Å². The van der Waals surface area contributed by atoms with Gasteiger partial charge in [-0.15, -0.1) is 11.3 Å². The number of nitrogens with zero attached hydrogens (tertiary/aromatic N) is 3. The molecule has 2 aliphatic rings.